The second-order valence-electron chi connectivity index (χ2n) is 6.16. The Balaban J connectivity index is 1.70. The summed E-state index contributed by atoms with van der Waals surface area (Å²) in [5, 5.41) is 2.68. The second-order valence-corrected chi connectivity index (χ2v) is 6.16. The van der Waals surface area contributed by atoms with Crippen LogP contribution in [-0.4, -0.2) is 49.1 Å². The van der Waals surface area contributed by atoms with Crippen molar-refractivity contribution in [2.24, 2.45) is 5.92 Å². The van der Waals surface area contributed by atoms with Crippen LogP contribution in [0.5, 0.6) is 0 Å². The van der Waals surface area contributed by atoms with Crippen molar-refractivity contribution in [3.63, 3.8) is 0 Å². The molecule has 0 bridgehead atoms. The molecule has 1 aromatic rings. The first kappa shape index (κ1) is 16.8. The smallest absolute Gasteiger partial charge is 0.323 e. The number of carbonyl (C=O) groups is 2. The molecule has 2 aliphatic heterocycles. The lowest BCUT2D eigenvalue weighted by Crippen LogP contribution is -2.49. The predicted molar refractivity (Wildman–Crippen MR) is 82.6 cm³/mol. The lowest BCUT2D eigenvalue weighted by Gasteiger charge is -2.35. The first-order valence-electron chi connectivity index (χ1n) is 7.83. The molecule has 1 aromatic carbocycles. The normalized spacial score (nSPS) is 22.0. The van der Waals surface area contributed by atoms with Crippen molar-refractivity contribution in [2.45, 2.75) is 19.0 Å². The summed E-state index contributed by atoms with van der Waals surface area (Å²) < 4.78 is 38.6. The van der Waals surface area contributed by atoms with Gasteiger partial charge in [0.25, 0.3) is 0 Å². The number of nitrogens with zero attached hydrogens (tertiary/aromatic N) is 2. The van der Waals surface area contributed by atoms with Crippen molar-refractivity contribution in [1.82, 2.24) is 4.90 Å². The van der Waals surface area contributed by atoms with Gasteiger partial charge in [0.15, 0.2) is 0 Å². The van der Waals surface area contributed by atoms with E-state index in [0.717, 1.165) is 0 Å². The van der Waals surface area contributed by atoms with Gasteiger partial charge in [0.2, 0.25) is 11.8 Å². The van der Waals surface area contributed by atoms with Crippen molar-refractivity contribution in [2.75, 3.05) is 36.4 Å². The molecule has 1 saturated heterocycles. The molecule has 3 rings (SSSR count). The summed E-state index contributed by atoms with van der Waals surface area (Å²) >= 11 is 0. The van der Waals surface area contributed by atoms with E-state index in [1.54, 1.807) is 24.3 Å². The fourth-order valence-electron chi connectivity index (χ4n) is 3.20. The van der Waals surface area contributed by atoms with Gasteiger partial charge in [-0.1, -0.05) is 12.1 Å². The average molecular weight is 341 g/mol. The zero-order valence-electron chi connectivity index (χ0n) is 13.0. The first-order chi connectivity index (χ1) is 11.3. The number of fused-ring (bicyclic) bond motifs is 1. The van der Waals surface area contributed by atoms with Gasteiger partial charge >= 0.3 is 6.18 Å². The fourth-order valence-corrected chi connectivity index (χ4v) is 3.20. The van der Waals surface area contributed by atoms with Gasteiger partial charge in [-0.3, -0.25) is 19.4 Å². The van der Waals surface area contributed by atoms with E-state index in [4.69, 9.17) is 0 Å². The molecule has 1 N–H and O–H groups in total. The molecule has 2 heterocycles. The molecule has 2 amide bonds. The lowest BCUT2D eigenvalue weighted by atomic mass is 9.97. The molecule has 0 aliphatic carbocycles. The van der Waals surface area contributed by atoms with Crippen LogP contribution < -0.4 is 10.2 Å². The molecule has 2 aliphatic rings. The number of hydrogen-bond donors (Lipinski definition) is 1. The SMILES string of the molecule is O=C1CN(C(=O)CN2CCC[C@@H](C(F)(F)F)C2)c2ccccc2N1. The summed E-state index contributed by atoms with van der Waals surface area (Å²) in [6.07, 6.45) is -3.73. The Bertz CT molecular complexity index is 648. The number of nitrogens with one attached hydrogen (secondary N) is 1. The van der Waals surface area contributed by atoms with E-state index in [1.807, 2.05) is 0 Å². The quantitative estimate of drug-likeness (QED) is 0.898. The summed E-state index contributed by atoms with van der Waals surface area (Å²) in [6.45, 7) is 0.0531. The highest BCUT2D eigenvalue weighted by Crippen LogP contribution is 2.33. The molecule has 0 radical (unpaired) electrons. The van der Waals surface area contributed by atoms with Gasteiger partial charge in [0.05, 0.1) is 23.8 Å². The number of halogens is 3. The van der Waals surface area contributed by atoms with Crippen molar-refractivity contribution in [3.05, 3.63) is 24.3 Å². The van der Waals surface area contributed by atoms with Crippen LogP contribution in [0.1, 0.15) is 12.8 Å². The highest BCUT2D eigenvalue weighted by Gasteiger charge is 2.42. The summed E-state index contributed by atoms with van der Waals surface area (Å²) in [5.41, 5.74) is 1.11. The van der Waals surface area contributed by atoms with Gasteiger partial charge in [-0.25, -0.2) is 0 Å². The number of alkyl halides is 3. The number of para-hydroxylation sites is 2. The van der Waals surface area contributed by atoms with Crippen LogP contribution in [0.15, 0.2) is 24.3 Å². The Morgan fingerprint density at radius 1 is 1.29 bits per heavy atom. The molecule has 5 nitrogen and oxygen atoms in total. The molecule has 0 unspecified atom stereocenters. The van der Waals surface area contributed by atoms with E-state index in [0.29, 0.717) is 24.3 Å². The number of carbonyl (C=O) groups excluding carboxylic acids is 2. The van der Waals surface area contributed by atoms with Gasteiger partial charge in [-0.15, -0.1) is 0 Å². The Morgan fingerprint density at radius 2 is 2.04 bits per heavy atom. The van der Waals surface area contributed by atoms with Crippen molar-refractivity contribution >= 4 is 23.2 Å². The first-order valence-corrected chi connectivity index (χ1v) is 7.83. The highest BCUT2D eigenvalue weighted by molar-refractivity contribution is 6.10. The number of likely N-dealkylation sites (tertiary alicyclic amines) is 1. The molecule has 24 heavy (non-hydrogen) atoms. The van der Waals surface area contributed by atoms with Crippen LogP contribution in [0.3, 0.4) is 0 Å². The predicted octanol–water partition coefficient (Wildman–Crippen LogP) is 2.25. The third-order valence-corrected chi connectivity index (χ3v) is 4.40. The second kappa shape index (κ2) is 6.43. The van der Waals surface area contributed by atoms with E-state index >= 15 is 0 Å². The van der Waals surface area contributed by atoms with E-state index in [1.165, 1.54) is 9.80 Å². The minimum Gasteiger partial charge on any atom is -0.323 e. The van der Waals surface area contributed by atoms with Crippen LogP contribution in [0, 0.1) is 5.92 Å². The fraction of sp³-hybridized carbons (Fsp3) is 0.500. The van der Waals surface area contributed by atoms with Gasteiger partial charge in [0.1, 0.15) is 6.54 Å². The van der Waals surface area contributed by atoms with Crippen molar-refractivity contribution in [3.8, 4) is 0 Å². The van der Waals surface area contributed by atoms with Crippen LogP contribution in [0.4, 0.5) is 24.5 Å². The van der Waals surface area contributed by atoms with E-state index in [9.17, 15) is 22.8 Å². The molecule has 1 atom stereocenters. The highest BCUT2D eigenvalue weighted by atomic mass is 19.4. The Kier molecular flexibility index (Phi) is 4.49. The van der Waals surface area contributed by atoms with Crippen molar-refractivity contribution < 1.29 is 22.8 Å². The molecule has 0 aromatic heterocycles. The number of hydrogen-bond acceptors (Lipinski definition) is 3. The molecule has 0 spiro atoms. The lowest BCUT2D eigenvalue weighted by molar-refractivity contribution is -0.186. The monoisotopic (exact) mass is 341 g/mol. The zero-order chi connectivity index (χ0) is 17.3. The van der Waals surface area contributed by atoms with Crippen LogP contribution >= 0.6 is 0 Å². The minimum atomic E-state index is -4.24. The van der Waals surface area contributed by atoms with Gasteiger partial charge in [0, 0.05) is 6.54 Å². The maximum atomic E-state index is 12.9. The molecule has 0 saturated carbocycles. The number of amides is 2. The van der Waals surface area contributed by atoms with Gasteiger partial charge in [-0.05, 0) is 31.5 Å². The van der Waals surface area contributed by atoms with Crippen LogP contribution in [0.2, 0.25) is 0 Å². The largest absolute Gasteiger partial charge is 0.393 e. The Hall–Kier alpha value is -2.09. The summed E-state index contributed by atoms with van der Waals surface area (Å²) in [7, 11) is 0. The summed E-state index contributed by atoms with van der Waals surface area (Å²) in [6, 6.07) is 6.89. The average Bonchev–Trinajstić information content (AvgIpc) is 2.53. The third kappa shape index (κ3) is 3.53. The third-order valence-electron chi connectivity index (χ3n) is 4.40. The number of rotatable bonds is 2. The maximum Gasteiger partial charge on any atom is 0.393 e. The molecular weight excluding hydrogens is 323 g/mol. The topological polar surface area (TPSA) is 52.7 Å². The van der Waals surface area contributed by atoms with E-state index in [-0.39, 0.29) is 37.9 Å². The van der Waals surface area contributed by atoms with Gasteiger partial charge < -0.3 is 5.32 Å². The van der Waals surface area contributed by atoms with E-state index < -0.39 is 12.1 Å². The van der Waals surface area contributed by atoms with E-state index in [2.05, 4.69) is 5.32 Å². The molecule has 1 fully saturated rings. The van der Waals surface area contributed by atoms with Crippen LogP contribution in [-0.2, 0) is 9.59 Å². The minimum absolute atomic E-state index is 0.100. The summed E-state index contributed by atoms with van der Waals surface area (Å²) in [5.74, 6) is -2.06. The Morgan fingerprint density at radius 3 is 2.79 bits per heavy atom. The number of benzene rings is 1. The molecular formula is C16H18F3N3O2. The maximum absolute atomic E-state index is 12.9. The number of anilines is 2. The molecule has 8 heteroatoms. The zero-order valence-corrected chi connectivity index (χ0v) is 13.0. The Labute approximate surface area is 137 Å². The van der Waals surface area contributed by atoms with Gasteiger partial charge in [-0.2, -0.15) is 13.2 Å². The molecule has 130 valence electrons. The summed E-state index contributed by atoms with van der Waals surface area (Å²) in [4.78, 5) is 27.2. The van der Waals surface area contributed by atoms with Crippen LogP contribution in [0.25, 0.3) is 0 Å². The van der Waals surface area contributed by atoms with Crippen molar-refractivity contribution in [1.29, 1.82) is 0 Å². The standard InChI is InChI=1S/C16H18F3N3O2/c17-16(18,19)11-4-3-7-21(8-11)10-15(24)22-9-14(23)20-12-5-1-2-6-13(12)22/h1-2,5-6,11H,3-4,7-10H2,(H,20,23)/t11-/m1/s1. The number of piperidine rings is 1.